The first-order valence-electron chi connectivity index (χ1n) is 2.02. The zero-order chi connectivity index (χ0) is 7.49. The Morgan fingerprint density at radius 2 is 2.00 bits per heavy atom. The van der Waals surface area contributed by atoms with Crippen LogP contribution < -0.4 is 4.98 Å². The van der Waals surface area contributed by atoms with Crippen molar-refractivity contribution in [2.45, 2.75) is 12.7 Å². The van der Waals surface area contributed by atoms with Crippen LogP contribution in [0, 0.1) is 0 Å². The van der Waals surface area contributed by atoms with Crippen LogP contribution in [0.3, 0.4) is 0 Å². The molecule has 0 bridgehead atoms. The average Bonchev–Trinajstić information content (AvgIpc) is 1.64. The molecule has 0 unspecified atom stereocenters. The zero-order valence-corrected chi connectivity index (χ0v) is 5.54. The summed E-state index contributed by atoms with van der Waals surface area (Å²) in [6.45, 7) is 1.45. The summed E-state index contributed by atoms with van der Waals surface area (Å²) in [5.74, 6) is -1.87. The second kappa shape index (κ2) is 2.86. The van der Waals surface area contributed by atoms with Crippen molar-refractivity contribution in [1.82, 2.24) is 4.98 Å². The van der Waals surface area contributed by atoms with Crippen LogP contribution >= 0.6 is 0 Å². The van der Waals surface area contributed by atoms with Gasteiger partial charge in [-0.2, -0.15) is 13.2 Å². The van der Waals surface area contributed by atoms with Crippen LogP contribution in [0.4, 0.5) is 13.2 Å². The summed E-state index contributed by atoms with van der Waals surface area (Å²) in [5.41, 5.74) is 0. The molecule has 1 amide bonds. The largest absolute Gasteiger partial charge is 0.470 e. The van der Waals surface area contributed by atoms with Gasteiger partial charge in [0.1, 0.15) is 0 Å². The lowest BCUT2D eigenvalue weighted by Gasteiger charge is -2.03. The maximum atomic E-state index is 11.2. The smallest absolute Gasteiger partial charge is 0.375 e. The van der Waals surface area contributed by atoms with Gasteiger partial charge >= 0.3 is 12.1 Å². The van der Waals surface area contributed by atoms with Gasteiger partial charge in [-0.05, 0) is 0 Å². The molecule has 1 N–H and O–H groups in total. The third-order valence-corrected chi connectivity index (χ3v) is 0.973. The fourth-order valence-electron chi connectivity index (χ4n) is 0.184. The lowest BCUT2D eigenvalue weighted by Crippen LogP contribution is -2.37. The Morgan fingerprint density at radius 3 is 2.11 bits per heavy atom. The normalized spacial score (nSPS) is 11.1. The molecule has 0 rings (SSSR count). The van der Waals surface area contributed by atoms with Gasteiger partial charge in [-0.3, -0.25) is 4.79 Å². The van der Waals surface area contributed by atoms with Gasteiger partial charge in [0.2, 0.25) is 0 Å². The standard InChI is InChI=1S/C3H4F3NOSi/c1-9-7-2(8)3(4,5)6/h1H3,(H,7,8). The fraction of sp³-hybridized carbons (Fsp3) is 0.667. The molecule has 0 heterocycles. The molecule has 2 radical (unpaired) electrons. The lowest BCUT2D eigenvalue weighted by atomic mass is 10.6. The van der Waals surface area contributed by atoms with E-state index in [1.807, 2.05) is 0 Å². The third-order valence-electron chi connectivity index (χ3n) is 0.496. The highest BCUT2D eigenvalue weighted by molar-refractivity contribution is 6.35. The molecule has 0 saturated heterocycles. The zero-order valence-electron chi connectivity index (χ0n) is 4.54. The molecule has 0 atom stereocenters. The van der Waals surface area contributed by atoms with Crippen molar-refractivity contribution < 1.29 is 18.0 Å². The van der Waals surface area contributed by atoms with Crippen molar-refractivity contribution in [3.8, 4) is 0 Å². The second-order valence-electron chi connectivity index (χ2n) is 1.20. The van der Waals surface area contributed by atoms with E-state index in [1.165, 1.54) is 6.55 Å². The Hall–Kier alpha value is -0.523. The number of nitrogens with one attached hydrogen (secondary N) is 1. The third kappa shape index (κ3) is 3.12. The van der Waals surface area contributed by atoms with Crippen LogP contribution in [0.5, 0.6) is 0 Å². The summed E-state index contributed by atoms with van der Waals surface area (Å²) in [6.07, 6.45) is -4.73. The van der Waals surface area contributed by atoms with Gasteiger partial charge in [0.05, 0.1) is 0 Å². The molecule has 0 spiro atoms. The average molecular weight is 155 g/mol. The van der Waals surface area contributed by atoms with E-state index >= 15 is 0 Å². The van der Waals surface area contributed by atoms with Crippen molar-refractivity contribution in [2.24, 2.45) is 0 Å². The van der Waals surface area contributed by atoms with Crippen LogP contribution in [0.2, 0.25) is 6.55 Å². The molecule has 0 saturated carbocycles. The number of carbonyl (C=O) groups is 1. The molecular formula is C3H4F3NOSi. The molecule has 9 heavy (non-hydrogen) atoms. The summed E-state index contributed by atoms with van der Waals surface area (Å²) < 4.78 is 33.7. The second-order valence-corrected chi connectivity index (χ2v) is 1.95. The number of halogens is 3. The van der Waals surface area contributed by atoms with E-state index in [2.05, 4.69) is 0 Å². The van der Waals surface area contributed by atoms with Gasteiger partial charge in [0, 0.05) is 0 Å². The molecular weight excluding hydrogens is 151 g/mol. The van der Waals surface area contributed by atoms with E-state index in [4.69, 9.17) is 0 Å². The summed E-state index contributed by atoms with van der Waals surface area (Å²) in [7, 11) is -0.208. The van der Waals surface area contributed by atoms with Gasteiger partial charge in [-0.25, -0.2) is 0 Å². The Morgan fingerprint density at radius 1 is 1.56 bits per heavy atom. The summed E-state index contributed by atoms with van der Waals surface area (Å²) in [4.78, 5) is 11.5. The van der Waals surface area contributed by atoms with Crippen LogP contribution in [-0.2, 0) is 4.79 Å². The molecule has 0 aromatic rings. The van der Waals surface area contributed by atoms with E-state index < -0.39 is 12.1 Å². The molecule has 6 heteroatoms. The Balaban J connectivity index is 3.74. The molecule has 0 aromatic heterocycles. The highest BCUT2D eigenvalue weighted by atomic mass is 28.2. The Bertz CT molecular complexity index is 112. The SMILES string of the molecule is C[Si]NC(=O)C(F)(F)F. The van der Waals surface area contributed by atoms with Crippen LogP contribution in [0.25, 0.3) is 0 Å². The number of hydrogen-bond acceptors (Lipinski definition) is 1. The quantitative estimate of drug-likeness (QED) is 0.543. The Kier molecular flexibility index (Phi) is 2.69. The first-order chi connectivity index (χ1) is 3.98. The predicted octanol–water partition coefficient (Wildman–Crippen LogP) is 0.332. The van der Waals surface area contributed by atoms with Gasteiger partial charge in [-0.1, -0.05) is 6.55 Å². The highest BCUT2D eigenvalue weighted by Crippen LogP contribution is 2.13. The summed E-state index contributed by atoms with van der Waals surface area (Å²) in [5, 5.41) is 0. The van der Waals surface area contributed by atoms with Crippen LogP contribution in [0.15, 0.2) is 0 Å². The first kappa shape index (κ1) is 8.48. The topological polar surface area (TPSA) is 29.1 Å². The molecule has 0 aliphatic carbocycles. The Labute approximate surface area is 52.3 Å². The number of alkyl halides is 3. The van der Waals surface area contributed by atoms with E-state index in [9.17, 15) is 18.0 Å². The fourth-order valence-corrected chi connectivity index (χ4v) is 0.553. The molecule has 0 aliphatic rings. The van der Waals surface area contributed by atoms with Crippen molar-refractivity contribution in [3.63, 3.8) is 0 Å². The highest BCUT2D eigenvalue weighted by Gasteiger charge is 2.37. The van der Waals surface area contributed by atoms with Crippen molar-refractivity contribution in [2.75, 3.05) is 0 Å². The van der Waals surface area contributed by atoms with E-state index in [0.29, 0.717) is 0 Å². The number of amides is 1. The van der Waals surface area contributed by atoms with Crippen molar-refractivity contribution in [3.05, 3.63) is 0 Å². The van der Waals surface area contributed by atoms with E-state index in [1.54, 1.807) is 4.98 Å². The minimum absolute atomic E-state index is 0.208. The van der Waals surface area contributed by atoms with Gasteiger partial charge in [-0.15, -0.1) is 0 Å². The molecule has 0 aromatic carbocycles. The van der Waals surface area contributed by atoms with E-state index in [0.717, 1.165) is 0 Å². The number of carbonyl (C=O) groups excluding carboxylic acids is 1. The van der Waals surface area contributed by atoms with Gasteiger partial charge in [0.25, 0.3) is 0 Å². The molecule has 0 aliphatic heterocycles. The van der Waals surface area contributed by atoms with E-state index in [-0.39, 0.29) is 9.68 Å². The lowest BCUT2D eigenvalue weighted by molar-refractivity contribution is -0.171. The van der Waals surface area contributed by atoms with Gasteiger partial charge < -0.3 is 4.98 Å². The molecule has 2 nitrogen and oxygen atoms in total. The van der Waals surface area contributed by atoms with Crippen LogP contribution in [0.1, 0.15) is 0 Å². The van der Waals surface area contributed by atoms with Gasteiger partial charge in [0.15, 0.2) is 9.68 Å². The van der Waals surface area contributed by atoms with Crippen molar-refractivity contribution in [1.29, 1.82) is 0 Å². The maximum absolute atomic E-state index is 11.2. The minimum Gasteiger partial charge on any atom is -0.375 e. The predicted molar refractivity (Wildman–Crippen MR) is 25.8 cm³/mol. The summed E-state index contributed by atoms with van der Waals surface area (Å²) in [6, 6.07) is 0. The summed E-state index contributed by atoms with van der Waals surface area (Å²) >= 11 is 0. The first-order valence-corrected chi connectivity index (χ1v) is 3.52. The maximum Gasteiger partial charge on any atom is 0.470 e. The number of hydrogen-bond donors (Lipinski definition) is 1. The molecule has 0 fully saturated rings. The van der Waals surface area contributed by atoms with Crippen LogP contribution in [-0.4, -0.2) is 21.8 Å². The minimum atomic E-state index is -4.73. The van der Waals surface area contributed by atoms with Crippen molar-refractivity contribution >= 4 is 15.6 Å². The molecule has 52 valence electrons. The number of rotatable bonds is 1. The monoisotopic (exact) mass is 155 g/mol.